The van der Waals surface area contributed by atoms with Crippen molar-refractivity contribution in [1.29, 1.82) is 0 Å². The van der Waals surface area contributed by atoms with Crippen LogP contribution < -0.4 is 16.0 Å². The number of amides is 3. The van der Waals surface area contributed by atoms with Crippen molar-refractivity contribution in [2.75, 3.05) is 53.2 Å². The van der Waals surface area contributed by atoms with Crippen LogP contribution in [0.4, 0.5) is 0 Å². The second-order valence-electron chi connectivity index (χ2n) is 20.5. The fourth-order valence-corrected chi connectivity index (χ4v) is 9.65. The lowest BCUT2D eigenvalue weighted by Crippen LogP contribution is -2.63. The number of ether oxygens (including phenoxy) is 9. The highest BCUT2D eigenvalue weighted by Crippen LogP contribution is 2.42. The first-order valence-electron chi connectivity index (χ1n) is 29.3. The van der Waals surface area contributed by atoms with Gasteiger partial charge in [-0.3, -0.25) is 28.8 Å². The number of benzene rings is 6. The summed E-state index contributed by atoms with van der Waals surface area (Å²) in [5.41, 5.74) is 3.97. The molecule has 1 saturated heterocycles. The Bertz CT molecular complexity index is 2850. The normalized spacial score (nSPS) is 16.5. The molecule has 456 valence electrons. The highest BCUT2D eigenvalue weighted by atomic mass is 16.7. The summed E-state index contributed by atoms with van der Waals surface area (Å²) in [6.45, 7) is 1.79. The molecule has 1 aliphatic rings. The Morgan fingerprint density at radius 3 is 1.06 bits per heavy atom. The molecule has 0 saturated carbocycles. The lowest BCUT2D eigenvalue weighted by atomic mass is 9.80. The fraction of sp³-hybridized carbons (Fsp3) is 0.382. The van der Waals surface area contributed by atoms with Gasteiger partial charge in [-0.1, -0.05) is 182 Å². The molecule has 6 aromatic rings. The van der Waals surface area contributed by atoms with Crippen molar-refractivity contribution in [3.05, 3.63) is 215 Å². The summed E-state index contributed by atoms with van der Waals surface area (Å²) in [5, 5.41) is 8.45. The number of carbonyl (C=O) groups is 6. The molecule has 0 unspecified atom stereocenters. The molecule has 1 aliphatic heterocycles. The second kappa shape index (κ2) is 36.7. The number of esters is 3. The third kappa shape index (κ3) is 21.8. The van der Waals surface area contributed by atoms with Gasteiger partial charge in [0, 0.05) is 65.3 Å². The van der Waals surface area contributed by atoms with E-state index < -0.39 is 54.2 Å². The molecule has 3 amide bonds. The summed E-state index contributed by atoms with van der Waals surface area (Å²) < 4.78 is 55.5. The van der Waals surface area contributed by atoms with Crippen molar-refractivity contribution in [2.45, 2.75) is 114 Å². The Hall–Kier alpha value is -8.10. The number of methoxy groups -OCH3 is 1. The predicted octanol–water partition coefficient (Wildman–Crippen LogP) is 8.61. The van der Waals surface area contributed by atoms with E-state index >= 15 is 0 Å². The molecular weight excluding hydrogens is 1100 g/mol. The summed E-state index contributed by atoms with van der Waals surface area (Å²) in [6, 6.07) is 57.6. The zero-order valence-corrected chi connectivity index (χ0v) is 48.8. The molecule has 1 heterocycles. The Kier molecular flexibility index (Phi) is 27.9. The summed E-state index contributed by atoms with van der Waals surface area (Å²) in [4.78, 5) is 80.6. The van der Waals surface area contributed by atoms with Gasteiger partial charge >= 0.3 is 17.9 Å². The molecule has 3 N–H and O–H groups in total. The van der Waals surface area contributed by atoms with Crippen molar-refractivity contribution in [2.24, 2.45) is 0 Å². The van der Waals surface area contributed by atoms with E-state index in [0.717, 1.165) is 33.4 Å². The Morgan fingerprint density at radius 2 is 0.721 bits per heavy atom. The molecule has 0 bridgehead atoms. The van der Waals surface area contributed by atoms with Gasteiger partial charge in [0.2, 0.25) is 17.7 Å². The minimum atomic E-state index is -1.54. The van der Waals surface area contributed by atoms with Crippen molar-refractivity contribution in [3.63, 3.8) is 0 Å². The maximum absolute atomic E-state index is 14.2. The third-order valence-corrected chi connectivity index (χ3v) is 14.0. The molecule has 7 rings (SSSR count). The van der Waals surface area contributed by atoms with E-state index in [1.807, 2.05) is 182 Å². The predicted molar refractivity (Wildman–Crippen MR) is 319 cm³/mol. The first kappa shape index (κ1) is 65.4. The summed E-state index contributed by atoms with van der Waals surface area (Å²) in [6.07, 6.45) is -6.86. The quantitative estimate of drug-likeness (QED) is 0.0144. The van der Waals surface area contributed by atoms with E-state index in [1.54, 1.807) is 0 Å². The van der Waals surface area contributed by atoms with Crippen LogP contribution in [0.25, 0.3) is 0 Å². The third-order valence-electron chi connectivity index (χ3n) is 14.0. The van der Waals surface area contributed by atoms with Crippen LogP contribution in [0.5, 0.6) is 0 Å². The molecule has 0 spiro atoms. The topological polar surface area (TPSA) is 222 Å². The van der Waals surface area contributed by atoms with Gasteiger partial charge in [-0.15, -0.1) is 0 Å². The monoisotopic (exact) mass is 1180 g/mol. The smallest absolute Gasteiger partial charge is 0.306 e. The van der Waals surface area contributed by atoms with Crippen molar-refractivity contribution >= 4 is 35.6 Å². The highest BCUT2D eigenvalue weighted by molar-refractivity contribution is 5.77. The average Bonchev–Trinajstić information content (AvgIpc) is 1.97. The first-order chi connectivity index (χ1) is 42.1. The molecular formula is C68H79N3O15. The Morgan fingerprint density at radius 1 is 0.407 bits per heavy atom. The highest BCUT2D eigenvalue weighted by Gasteiger charge is 2.53. The van der Waals surface area contributed by atoms with Crippen molar-refractivity contribution in [1.82, 2.24) is 16.0 Å². The van der Waals surface area contributed by atoms with Crippen LogP contribution in [-0.2, 0) is 96.8 Å². The average molecular weight is 1180 g/mol. The van der Waals surface area contributed by atoms with E-state index in [-0.39, 0.29) is 122 Å². The minimum Gasteiger partial charge on any atom is -0.455 e. The number of hydrogen-bond donors (Lipinski definition) is 3. The molecule has 18 heteroatoms. The van der Waals surface area contributed by atoms with E-state index in [1.165, 1.54) is 7.11 Å². The second-order valence-corrected chi connectivity index (χ2v) is 20.5. The maximum Gasteiger partial charge on any atom is 0.306 e. The summed E-state index contributed by atoms with van der Waals surface area (Å²) in [5.74, 6) is -3.02. The van der Waals surface area contributed by atoms with Crippen molar-refractivity contribution in [3.8, 4) is 0 Å². The SMILES string of the molecule is CO[C@H]1O[C@H](COC(c2ccccc2)(c2ccccc2)c2ccccc2)[C@@H](OC(=O)CCCNC(=O)CCOCc2ccccc2)[C@H](OC(=O)CCCNC(=O)CCOCc2ccccc2)[C@H]1OC(=O)CCCNC(=O)CCOCc1ccccc1. The molecule has 0 aliphatic carbocycles. The van der Waals surface area contributed by atoms with Gasteiger partial charge in [0.25, 0.3) is 0 Å². The standard InChI is InChI=1S/C68H79N3O15/c1-78-67-66(86-63(77)37-22-43-71-60(74)40-46-81-49-53-27-12-4-13-28-53)65(85-62(76)36-21-42-70-59(73)39-45-80-48-52-25-10-3-11-26-52)64(84-61(75)35-20-41-69-58(72)38-44-79-47-51-23-8-2-9-24-51)57(83-67)50-82-68(54-29-14-5-15-30-54,55-31-16-6-17-32-55)56-33-18-7-19-34-56/h2-19,23-34,57,64-67H,20-22,35-50H2,1H3,(H,69,72)(H,70,73)(H,71,74)/t57-,64-,65+,66-,67+/m1/s1. The number of hydrogen-bond acceptors (Lipinski definition) is 15. The molecule has 1 fully saturated rings. The zero-order chi connectivity index (χ0) is 60.4. The van der Waals surface area contributed by atoms with Gasteiger partial charge in [0.15, 0.2) is 24.6 Å². The van der Waals surface area contributed by atoms with E-state index in [9.17, 15) is 28.8 Å². The maximum atomic E-state index is 14.2. The molecule has 6 aromatic carbocycles. The Balaban J connectivity index is 1.07. The van der Waals surface area contributed by atoms with Crippen LogP contribution in [0.2, 0.25) is 0 Å². The van der Waals surface area contributed by atoms with Crippen LogP contribution >= 0.6 is 0 Å². The van der Waals surface area contributed by atoms with Gasteiger partial charge < -0.3 is 58.6 Å². The largest absolute Gasteiger partial charge is 0.455 e. The minimum absolute atomic E-state index is 0.106. The van der Waals surface area contributed by atoms with Crippen LogP contribution in [0, 0.1) is 0 Å². The van der Waals surface area contributed by atoms with Crippen LogP contribution in [-0.4, -0.2) is 120 Å². The lowest BCUT2D eigenvalue weighted by molar-refractivity contribution is -0.306. The van der Waals surface area contributed by atoms with Crippen LogP contribution in [0.3, 0.4) is 0 Å². The number of carbonyl (C=O) groups excluding carboxylic acids is 6. The van der Waals surface area contributed by atoms with Gasteiger partial charge in [-0.2, -0.15) is 0 Å². The Labute approximate surface area is 503 Å². The molecule has 5 atom stereocenters. The zero-order valence-electron chi connectivity index (χ0n) is 48.8. The van der Waals surface area contributed by atoms with Crippen LogP contribution in [0.15, 0.2) is 182 Å². The van der Waals surface area contributed by atoms with Gasteiger partial charge in [-0.05, 0) is 52.6 Å². The first-order valence-corrected chi connectivity index (χ1v) is 29.3. The molecule has 18 nitrogen and oxygen atoms in total. The lowest BCUT2D eigenvalue weighted by Gasteiger charge is -2.45. The van der Waals surface area contributed by atoms with E-state index in [2.05, 4.69) is 16.0 Å². The van der Waals surface area contributed by atoms with Gasteiger partial charge in [-0.25, -0.2) is 0 Å². The molecule has 86 heavy (non-hydrogen) atoms. The van der Waals surface area contributed by atoms with Crippen molar-refractivity contribution < 1.29 is 71.4 Å². The fourth-order valence-electron chi connectivity index (χ4n) is 9.65. The molecule has 0 radical (unpaired) electrons. The number of nitrogens with one attached hydrogen (secondary N) is 3. The summed E-state index contributed by atoms with van der Waals surface area (Å²) in [7, 11) is 1.34. The molecule has 0 aromatic heterocycles. The van der Waals surface area contributed by atoms with Gasteiger partial charge in [0.1, 0.15) is 11.7 Å². The van der Waals surface area contributed by atoms with E-state index in [0.29, 0.717) is 19.8 Å². The van der Waals surface area contributed by atoms with Gasteiger partial charge in [0.05, 0.1) is 46.2 Å². The number of rotatable bonds is 37. The van der Waals surface area contributed by atoms with E-state index in [4.69, 9.17) is 42.6 Å². The van der Waals surface area contributed by atoms with Crippen LogP contribution in [0.1, 0.15) is 91.2 Å². The summed E-state index contributed by atoms with van der Waals surface area (Å²) >= 11 is 0.